The van der Waals surface area contributed by atoms with Gasteiger partial charge in [0.1, 0.15) is 6.54 Å². The summed E-state index contributed by atoms with van der Waals surface area (Å²) in [6.07, 6.45) is 4.22. The van der Waals surface area contributed by atoms with Crippen LogP contribution in [0.25, 0.3) is 0 Å². The maximum atomic E-state index is 13.6. The molecule has 0 unspecified atom stereocenters. The molecule has 5 aliphatic rings. The minimum absolute atomic E-state index is 0.0114. The number of hydrogen-bond donors (Lipinski definition) is 1. The number of aryl methyl sites for hydroxylation is 1. The summed E-state index contributed by atoms with van der Waals surface area (Å²) >= 11 is 0. The Morgan fingerprint density at radius 3 is 2.50 bits per heavy atom. The van der Waals surface area contributed by atoms with Gasteiger partial charge in [0.15, 0.2) is 5.69 Å². The van der Waals surface area contributed by atoms with E-state index in [4.69, 9.17) is 5.10 Å². The quantitative estimate of drug-likeness (QED) is 0.628. The van der Waals surface area contributed by atoms with E-state index in [-0.39, 0.29) is 29.8 Å². The van der Waals surface area contributed by atoms with Crippen LogP contribution >= 0.6 is 0 Å². The van der Waals surface area contributed by atoms with E-state index in [0.29, 0.717) is 50.1 Å². The zero-order valence-corrected chi connectivity index (χ0v) is 22.3. The molecule has 2 atom stereocenters. The van der Waals surface area contributed by atoms with Gasteiger partial charge < -0.3 is 20.0 Å². The summed E-state index contributed by atoms with van der Waals surface area (Å²) in [6, 6.07) is 6.41. The van der Waals surface area contributed by atoms with Gasteiger partial charge in [0.2, 0.25) is 11.8 Å². The lowest BCUT2D eigenvalue weighted by molar-refractivity contribution is -0.134. The highest BCUT2D eigenvalue weighted by atomic mass is 16.2. The molecular weight excluding hydrogens is 480 g/mol. The Kier molecular flexibility index (Phi) is 5.36. The molecule has 1 saturated carbocycles. The van der Waals surface area contributed by atoms with Crippen molar-refractivity contribution in [3.8, 4) is 0 Å². The van der Waals surface area contributed by atoms with Crippen molar-refractivity contribution in [2.75, 3.05) is 44.2 Å². The number of rotatable bonds is 4. The van der Waals surface area contributed by atoms with Crippen LogP contribution in [-0.2, 0) is 22.6 Å². The molecule has 3 saturated heterocycles. The van der Waals surface area contributed by atoms with Crippen LogP contribution in [0.4, 0.5) is 5.69 Å². The molecule has 1 aromatic heterocycles. The molecule has 2 aliphatic carbocycles. The van der Waals surface area contributed by atoms with Crippen LogP contribution < -0.4 is 10.2 Å². The Labute approximate surface area is 223 Å². The molecule has 4 fully saturated rings. The van der Waals surface area contributed by atoms with E-state index in [9.17, 15) is 14.4 Å². The summed E-state index contributed by atoms with van der Waals surface area (Å²) in [4.78, 5) is 44.6. The highest BCUT2D eigenvalue weighted by Gasteiger charge is 2.51. The molecule has 1 spiro atoms. The number of carbonyl (C=O) groups excluding carboxylic acids is 3. The molecule has 2 aromatic rings. The Morgan fingerprint density at radius 2 is 1.79 bits per heavy atom. The smallest absolute Gasteiger partial charge is 0.274 e. The van der Waals surface area contributed by atoms with Crippen molar-refractivity contribution < 1.29 is 14.4 Å². The standard InChI is InChI=1S/C29H36N6O3/c1-18-4-3-5-22(19(18)2)32-10-12-33(13-11-32)25(37)17-35-23-15-20-14-21(20)26(23)27(31-35)28(38)34-8-6-29(7-9-34)16-24(36)30-29/h3-5,20-21H,6-17H2,1-2H3,(H,30,36)/t20-,21-/m1/s1. The number of benzene rings is 1. The molecule has 3 amide bonds. The first kappa shape index (κ1) is 23.7. The lowest BCUT2D eigenvalue weighted by Crippen LogP contribution is -2.65. The average molecular weight is 517 g/mol. The van der Waals surface area contributed by atoms with Gasteiger partial charge in [-0.1, -0.05) is 12.1 Å². The number of fused-ring (bicyclic) bond motifs is 3. The van der Waals surface area contributed by atoms with Crippen LogP contribution in [0, 0.1) is 19.8 Å². The second-order valence-electron chi connectivity index (χ2n) is 12.1. The maximum Gasteiger partial charge on any atom is 0.274 e. The van der Waals surface area contributed by atoms with Crippen molar-refractivity contribution in [1.82, 2.24) is 24.9 Å². The second-order valence-corrected chi connectivity index (χ2v) is 12.1. The number of β-lactam (4-membered cyclic amide) rings is 1. The lowest BCUT2D eigenvalue weighted by Gasteiger charge is -2.47. The third-order valence-electron chi connectivity index (χ3n) is 9.80. The van der Waals surface area contributed by atoms with Crippen LogP contribution in [0.3, 0.4) is 0 Å². The molecule has 38 heavy (non-hydrogen) atoms. The SMILES string of the molecule is Cc1cccc(N2CCN(C(=O)Cn3nc(C(=O)N4CCC5(CC4)CC(=O)N5)c4c3C[C@H]3C[C@@H]43)CC2)c1C. The molecule has 7 rings (SSSR count). The summed E-state index contributed by atoms with van der Waals surface area (Å²) in [6.45, 7) is 8.80. The van der Waals surface area contributed by atoms with Crippen molar-refractivity contribution in [2.24, 2.45) is 5.92 Å². The molecule has 3 aliphatic heterocycles. The molecule has 1 aromatic carbocycles. The van der Waals surface area contributed by atoms with Crippen molar-refractivity contribution in [2.45, 2.75) is 64.0 Å². The fourth-order valence-electron chi connectivity index (χ4n) is 7.16. The van der Waals surface area contributed by atoms with Gasteiger partial charge in [0.05, 0.1) is 5.54 Å². The first-order chi connectivity index (χ1) is 18.3. The van der Waals surface area contributed by atoms with Gasteiger partial charge in [0.25, 0.3) is 5.91 Å². The van der Waals surface area contributed by atoms with Gasteiger partial charge in [-0.05, 0) is 68.6 Å². The van der Waals surface area contributed by atoms with Crippen molar-refractivity contribution >= 4 is 23.4 Å². The van der Waals surface area contributed by atoms with Crippen LogP contribution in [0.5, 0.6) is 0 Å². The summed E-state index contributed by atoms with van der Waals surface area (Å²) in [5.41, 5.74) is 6.50. The van der Waals surface area contributed by atoms with E-state index in [1.165, 1.54) is 16.8 Å². The highest BCUT2D eigenvalue weighted by molar-refractivity contribution is 5.95. The summed E-state index contributed by atoms with van der Waals surface area (Å²) in [5, 5.41) is 7.83. The number of piperidine rings is 1. The topological polar surface area (TPSA) is 90.8 Å². The molecule has 200 valence electrons. The van der Waals surface area contributed by atoms with Gasteiger partial charge in [0, 0.05) is 62.6 Å². The molecule has 4 heterocycles. The number of amides is 3. The van der Waals surface area contributed by atoms with Gasteiger partial charge in [-0.15, -0.1) is 0 Å². The Hall–Kier alpha value is -3.36. The van der Waals surface area contributed by atoms with Crippen LogP contribution in [0.2, 0.25) is 0 Å². The maximum absolute atomic E-state index is 13.6. The Morgan fingerprint density at radius 1 is 1.05 bits per heavy atom. The second kappa shape index (κ2) is 8.58. The van der Waals surface area contributed by atoms with Crippen molar-refractivity contribution in [3.63, 3.8) is 0 Å². The van der Waals surface area contributed by atoms with E-state index >= 15 is 0 Å². The van der Waals surface area contributed by atoms with Crippen molar-refractivity contribution in [1.29, 1.82) is 0 Å². The number of anilines is 1. The summed E-state index contributed by atoms with van der Waals surface area (Å²) in [7, 11) is 0. The monoisotopic (exact) mass is 516 g/mol. The van der Waals surface area contributed by atoms with Crippen LogP contribution in [-0.4, -0.2) is 82.1 Å². The largest absolute Gasteiger partial charge is 0.368 e. The first-order valence-electron chi connectivity index (χ1n) is 14.1. The Bertz CT molecular complexity index is 1320. The molecule has 0 bridgehead atoms. The number of nitrogens with zero attached hydrogens (tertiary/aromatic N) is 5. The predicted molar refractivity (Wildman–Crippen MR) is 142 cm³/mol. The average Bonchev–Trinajstić information content (AvgIpc) is 3.43. The van der Waals surface area contributed by atoms with Crippen LogP contribution in [0.1, 0.15) is 64.5 Å². The zero-order chi connectivity index (χ0) is 26.2. The summed E-state index contributed by atoms with van der Waals surface area (Å²) < 4.78 is 1.84. The predicted octanol–water partition coefficient (Wildman–Crippen LogP) is 2.00. The number of hydrogen-bond acceptors (Lipinski definition) is 5. The number of carbonyl (C=O) groups is 3. The van der Waals surface area contributed by atoms with E-state index in [1.54, 1.807) is 0 Å². The molecule has 9 heteroatoms. The van der Waals surface area contributed by atoms with Gasteiger partial charge in [-0.3, -0.25) is 19.1 Å². The third kappa shape index (κ3) is 3.81. The normalized spacial score (nSPS) is 25.1. The molecule has 0 radical (unpaired) electrons. The minimum Gasteiger partial charge on any atom is -0.368 e. The van der Waals surface area contributed by atoms with E-state index in [1.807, 2.05) is 14.5 Å². The van der Waals surface area contributed by atoms with E-state index in [0.717, 1.165) is 50.0 Å². The number of likely N-dealkylation sites (tertiary alicyclic amines) is 1. The van der Waals surface area contributed by atoms with Gasteiger partial charge in [-0.25, -0.2) is 0 Å². The number of nitrogens with one attached hydrogen (secondary N) is 1. The fourth-order valence-corrected chi connectivity index (χ4v) is 7.16. The van der Waals surface area contributed by atoms with E-state index in [2.05, 4.69) is 42.3 Å². The molecular formula is C29H36N6O3. The molecule has 1 N–H and O–H groups in total. The van der Waals surface area contributed by atoms with Gasteiger partial charge in [-0.2, -0.15) is 5.10 Å². The van der Waals surface area contributed by atoms with Crippen molar-refractivity contribution in [3.05, 3.63) is 46.3 Å². The minimum atomic E-state index is -0.106. The number of aromatic nitrogens is 2. The van der Waals surface area contributed by atoms with E-state index < -0.39 is 0 Å². The fraction of sp³-hybridized carbons (Fsp3) is 0.586. The third-order valence-corrected chi connectivity index (χ3v) is 9.80. The highest BCUT2D eigenvalue weighted by Crippen LogP contribution is 2.57. The van der Waals surface area contributed by atoms with Gasteiger partial charge >= 0.3 is 0 Å². The number of piperazine rings is 1. The molecule has 9 nitrogen and oxygen atoms in total. The Balaban J connectivity index is 1.03. The zero-order valence-electron chi connectivity index (χ0n) is 22.3. The summed E-state index contributed by atoms with van der Waals surface area (Å²) in [5.74, 6) is 1.21. The lowest BCUT2D eigenvalue weighted by atomic mass is 9.78. The first-order valence-corrected chi connectivity index (χ1v) is 14.1. The van der Waals surface area contributed by atoms with Crippen LogP contribution in [0.15, 0.2) is 18.2 Å².